The number of nitrogens with one attached hydrogen (secondary N) is 2. The van der Waals surface area contributed by atoms with Crippen molar-refractivity contribution >= 4 is 25.7 Å². The van der Waals surface area contributed by atoms with Crippen molar-refractivity contribution in [3.05, 3.63) is 36.4 Å². The molecule has 0 aliphatic carbocycles. The second kappa shape index (κ2) is 4.85. The quantitative estimate of drug-likeness (QED) is 0.728. The predicted octanol–water partition coefficient (Wildman–Crippen LogP) is -0.00300. The lowest BCUT2D eigenvalue weighted by molar-refractivity contribution is 0.592. The van der Waals surface area contributed by atoms with E-state index in [0.717, 1.165) is 24.5 Å². The zero-order valence-corrected chi connectivity index (χ0v) is 11.4. The summed E-state index contributed by atoms with van der Waals surface area (Å²) in [4.78, 5) is -0.645. The Kier molecular flexibility index (Phi) is 3.50. The summed E-state index contributed by atoms with van der Waals surface area (Å²) in [5, 5.41) is 10.6. The van der Waals surface area contributed by atoms with E-state index in [1.54, 1.807) is 0 Å². The molecular formula is C9H9FN4O4S2. The highest BCUT2D eigenvalue weighted by Gasteiger charge is 2.18. The number of aromatic amines is 1. The number of H-pyrrole nitrogens is 1. The van der Waals surface area contributed by atoms with Crippen molar-refractivity contribution in [3.8, 4) is 0 Å². The third-order valence-corrected chi connectivity index (χ3v) is 4.54. The molecule has 2 aromatic rings. The summed E-state index contributed by atoms with van der Waals surface area (Å²) >= 11 is 0. The summed E-state index contributed by atoms with van der Waals surface area (Å²) in [5.41, 5.74) is -0.404. The van der Waals surface area contributed by atoms with Crippen LogP contribution in [0.1, 0.15) is 0 Å². The molecule has 8 nitrogen and oxygen atoms in total. The number of rotatable bonds is 4. The smallest absolute Gasteiger partial charge is 0.265 e. The van der Waals surface area contributed by atoms with E-state index < -0.39 is 36.4 Å². The molecule has 2 rings (SSSR count). The third-order valence-electron chi connectivity index (χ3n) is 2.30. The molecule has 0 aliphatic heterocycles. The summed E-state index contributed by atoms with van der Waals surface area (Å²) in [6, 6.07) is 2.58. The molecular weight excluding hydrogens is 311 g/mol. The van der Waals surface area contributed by atoms with Gasteiger partial charge >= 0.3 is 0 Å². The lowest BCUT2D eigenvalue weighted by Crippen LogP contribution is -2.15. The molecule has 1 heterocycles. The highest BCUT2D eigenvalue weighted by Crippen LogP contribution is 2.21. The SMILES string of the molecule is NS(=O)(=O)c1ccc(NS(=O)(=O)c2cn[nH]c2)c(F)c1. The van der Waals surface area contributed by atoms with E-state index >= 15 is 0 Å². The van der Waals surface area contributed by atoms with Crippen LogP contribution in [0.4, 0.5) is 10.1 Å². The van der Waals surface area contributed by atoms with Gasteiger partial charge < -0.3 is 0 Å². The predicted molar refractivity (Wildman–Crippen MR) is 67.2 cm³/mol. The molecule has 108 valence electrons. The van der Waals surface area contributed by atoms with Gasteiger partial charge in [0.1, 0.15) is 10.7 Å². The van der Waals surface area contributed by atoms with Crippen LogP contribution in [-0.2, 0) is 20.0 Å². The highest BCUT2D eigenvalue weighted by molar-refractivity contribution is 7.92. The van der Waals surface area contributed by atoms with Gasteiger partial charge in [0.05, 0.1) is 16.8 Å². The molecule has 0 bridgehead atoms. The largest absolute Gasteiger partial charge is 0.284 e. The molecule has 1 aromatic heterocycles. The van der Waals surface area contributed by atoms with Crippen LogP contribution in [-0.4, -0.2) is 27.0 Å². The summed E-state index contributed by atoms with van der Waals surface area (Å²) in [6.07, 6.45) is 2.15. The maximum Gasteiger partial charge on any atom is 0.265 e. The number of halogens is 1. The van der Waals surface area contributed by atoms with Gasteiger partial charge in [-0.05, 0) is 18.2 Å². The van der Waals surface area contributed by atoms with Crippen molar-refractivity contribution in [1.82, 2.24) is 10.2 Å². The fourth-order valence-corrected chi connectivity index (χ4v) is 2.84. The summed E-state index contributed by atoms with van der Waals surface area (Å²) < 4.78 is 61.3. The van der Waals surface area contributed by atoms with E-state index in [1.807, 2.05) is 4.72 Å². The van der Waals surface area contributed by atoms with Crippen molar-refractivity contribution in [1.29, 1.82) is 0 Å². The molecule has 11 heteroatoms. The minimum atomic E-state index is -4.06. The lowest BCUT2D eigenvalue weighted by Gasteiger charge is -2.08. The first kappa shape index (κ1) is 14.4. The Morgan fingerprint density at radius 2 is 1.90 bits per heavy atom. The average Bonchev–Trinajstić information content (AvgIpc) is 2.84. The van der Waals surface area contributed by atoms with Crippen molar-refractivity contribution < 1.29 is 21.2 Å². The minimum absolute atomic E-state index is 0.188. The number of benzene rings is 1. The molecule has 4 N–H and O–H groups in total. The number of primary sulfonamides is 1. The van der Waals surface area contributed by atoms with Gasteiger partial charge in [0.25, 0.3) is 10.0 Å². The van der Waals surface area contributed by atoms with Gasteiger partial charge in [0.15, 0.2) is 0 Å². The topological polar surface area (TPSA) is 135 Å². The maximum atomic E-state index is 13.7. The fraction of sp³-hybridized carbons (Fsp3) is 0. The number of hydrogen-bond donors (Lipinski definition) is 3. The molecule has 0 aliphatic rings. The van der Waals surface area contributed by atoms with Crippen LogP contribution >= 0.6 is 0 Å². The molecule has 0 fully saturated rings. The van der Waals surface area contributed by atoms with Crippen molar-refractivity contribution in [2.75, 3.05) is 4.72 Å². The van der Waals surface area contributed by atoms with Gasteiger partial charge in [-0.15, -0.1) is 0 Å². The van der Waals surface area contributed by atoms with Crippen LogP contribution < -0.4 is 9.86 Å². The highest BCUT2D eigenvalue weighted by atomic mass is 32.2. The van der Waals surface area contributed by atoms with Gasteiger partial charge in [-0.25, -0.2) is 26.4 Å². The van der Waals surface area contributed by atoms with Crippen LogP contribution in [0.2, 0.25) is 0 Å². The van der Waals surface area contributed by atoms with E-state index in [0.29, 0.717) is 6.07 Å². The molecule has 20 heavy (non-hydrogen) atoms. The van der Waals surface area contributed by atoms with Crippen molar-refractivity contribution in [2.24, 2.45) is 5.14 Å². The standard InChI is InChI=1S/C9H9FN4O4S2/c10-8-3-6(19(11,15)16)1-2-9(8)14-20(17,18)7-4-12-13-5-7/h1-5,14H,(H,12,13)(H2,11,15,16). The van der Waals surface area contributed by atoms with E-state index in [-0.39, 0.29) is 4.90 Å². The average molecular weight is 320 g/mol. The number of sulfonamides is 2. The first-order valence-corrected chi connectivity index (χ1v) is 8.07. The summed E-state index contributed by atoms with van der Waals surface area (Å²) in [7, 11) is -8.07. The Bertz CT molecular complexity index is 831. The molecule has 0 saturated heterocycles. The zero-order valence-electron chi connectivity index (χ0n) is 9.74. The molecule has 0 radical (unpaired) electrons. The molecule has 0 amide bonds. The molecule has 0 atom stereocenters. The van der Waals surface area contributed by atoms with E-state index in [9.17, 15) is 21.2 Å². The zero-order chi connectivity index (χ0) is 15.0. The van der Waals surface area contributed by atoms with Crippen LogP contribution in [0.5, 0.6) is 0 Å². The van der Waals surface area contributed by atoms with Crippen LogP contribution in [0.25, 0.3) is 0 Å². The first-order valence-electron chi connectivity index (χ1n) is 5.04. The number of nitrogens with zero attached hydrogens (tertiary/aromatic N) is 1. The van der Waals surface area contributed by atoms with Crippen LogP contribution in [0.15, 0.2) is 40.4 Å². The van der Waals surface area contributed by atoms with Crippen molar-refractivity contribution in [2.45, 2.75) is 9.79 Å². The molecule has 0 unspecified atom stereocenters. The van der Waals surface area contributed by atoms with Gasteiger partial charge in [0, 0.05) is 6.20 Å². The maximum absolute atomic E-state index is 13.7. The van der Waals surface area contributed by atoms with Gasteiger partial charge in [-0.1, -0.05) is 0 Å². The lowest BCUT2D eigenvalue weighted by atomic mass is 10.3. The van der Waals surface area contributed by atoms with E-state index in [1.165, 1.54) is 0 Å². The Hall–Kier alpha value is -1.98. The van der Waals surface area contributed by atoms with Crippen LogP contribution in [0, 0.1) is 5.82 Å². The second-order valence-corrected chi connectivity index (χ2v) is 6.97. The summed E-state index contributed by atoms with van der Waals surface area (Å²) in [5.74, 6) is -1.07. The Morgan fingerprint density at radius 3 is 2.40 bits per heavy atom. The van der Waals surface area contributed by atoms with Crippen molar-refractivity contribution in [3.63, 3.8) is 0 Å². The number of nitrogens with two attached hydrogens (primary N) is 1. The minimum Gasteiger partial charge on any atom is -0.284 e. The van der Waals surface area contributed by atoms with E-state index in [4.69, 9.17) is 5.14 Å². The first-order chi connectivity index (χ1) is 9.20. The molecule has 0 saturated carbocycles. The normalized spacial score (nSPS) is 12.3. The van der Waals surface area contributed by atoms with E-state index in [2.05, 4.69) is 10.2 Å². The Labute approximate surface area is 113 Å². The third kappa shape index (κ3) is 2.95. The number of aromatic nitrogens is 2. The second-order valence-electron chi connectivity index (χ2n) is 3.73. The summed E-state index contributed by atoms with van der Waals surface area (Å²) in [6.45, 7) is 0. The number of hydrogen-bond acceptors (Lipinski definition) is 5. The monoisotopic (exact) mass is 320 g/mol. The Balaban J connectivity index is 2.37. The van der Waals surface area contributed by atoms with Gasteiger partial charge in [0.2, 0.25) is 10.0 Å². The Morgan fingerprint density at radius 1 is 1.20 bits per heavy atom. The fourth-order valence-electron chi connectivity index (χ4n) is 1.35. The molecule has 1 aromatic carbocycles. The van der Waals surface area contributed by atoms with Crippen LogP contribution in [0.3, 0.4) is 0 Å². The van der Waals surface area contributed by atoms with Gasteiger partial charge in [-0.2, -0.15) is 5.10 Å². The molecule has 0 spiro atoms. The van der Waals surface area contributed by atoms with Gasteiger partial charge in [-0.3, -0.25) is 9.82 Å². The number of anilines is 1.